The van der Waals surface area contributed by atoms with Crippen molar-refractivity contribution in [2.45, 2.75) is 121 Å². The van der Waals surface area contributed by atoms with Crippen molar-refractivity contribution in [3.8, 4) is 0 Å². The fourth-order valence-electron chi connectivity index (χ4n) is 6.20. The van der Waals surface area contributed by atoms with Crippen molar-refractivity contribution in [1.82, 2.24) is 16.0 Å². The molecular weight excluding hydrogens is 498 g/mol. The SMILES string of the molecule is CNCC(=O)NCCCCCCCCCCNC(=O)OC1CC[C@]2(CO2)C(C2(C)O[C@@H]2CC=C(C)C)C1OC. The fourth-order valence-corrected chi connectivity index (χ4v) is 6.20. The maximum absolute atomic E-state index is 12.6. The van der Waals surface area contributed by atoms with Gasteiger partial charge >= 0.3 is 6.09 Å². The number of alkyl carbamates (subject to hydrolysis) is 1. The van der Waals surface area contributed by atoms with E-state index in [1.54, 1.807) is 14.2 Å². The van der Waals surface area contributed by atoms with Crippen LogP contribution in [0.4, 0.5) is 4.79 Å². The first-order chi connectivity index (χ1) is 18.8. The number of carbonyl (C=O) groups is 2. The van der Waals surface area contributed by atoms with Gasteiger partial charge in [-0.1, -0.05) is 50.2 Å². The molecule has 0 aromatic heterocycles. The minimum absolute atomic E-state index is 0.0363. The molecule has 1 saturated carbocycles. The van der Waals surface area contributed by atoms with Gasteiger partial charge in [0.05, 0.1) is 25.2 Å². The second-order valence-electron chi connectivity index (χ2n) is 12.0. The molecule has 2 amide bonds. The highest BCUT2D eigenvalue weighted by Gasteiger charge is 2.72. The van der Waals surface area contributed by atoms with Gasteiger partial charge in [-0.15, -0.1) is 0 Å². The highest BCUT2D eigenvalue weighted by molar-refractivity contribution is 5.77. The van der Waals surface area contributed by atoms with Gasteiger partial charge in [0.15, 0.2) is 0 Å². The van der Waals surface area contributed by atoms with Crippen molar-refractivity contribution < 1.29 is 28.5 Å². The van der Waals surface area contributed by atoms with E-state index in [1.807, 2.05) is 0 Å². The number of epoxide rings is 2. The highest BCUT2D eigenvalue weighted by Crippen LogP contribution is 2.59. The van der Waals surface area contributed by atoms with Crippen molar-refractivity contribution in [2.24, 2.45) is 5.92 Å². The second-order valence-corrected chi connectivity index (χ2v) is 12.0. The zero-order valence-electron chi connectivity index (χ0n) is 24.9. The average molecular weight is 552 g/mol. The van der Waals surface area contributed by atoms with Crippen molar-refractivity contribution >= 4 is 12.0 Å². The Hall–Kier alpha value is -1.68. The first-order valence-electron chi connectivity index (χ1n) is 15.1. The summed E-state index contributed by atoms with van der Waals surface area (Å²) in [7, 11) is 3.48. The Morgan fingerprint density at radius 2 is 1.62 bits per heavy atom. The molecule has 4 unspecified atom stereocenters. The van der Waals surface area contributed by atoms with Crippen LogP contribution >= 0.6 is 0 Å². The molecule has 0 aromatic rings. The van der Waals surface area contributed by atoms with Crippen molar-refractivity contribution in [3.63, 3.8) is 0 Å². The summed E-state index contributed by atoms with van der Waals surface area (Å²) in [6.07, 6.45) is 12.9. The molecule has 3 aliphatic rings. The van der Waals surface area contributed by atoms with Crippen LogP contribution in [0.3, 0.4) is 0 Å². The van der Waals surface area contributed by atoms with Gasteiger partial charge in [-0.05, 0) is 59.9 Å². The molecule has 2 saturated heterocycles. The smallest absolute Gasteiger partial charge is 0.407 e. The topological polar surface area (TPSA) is 114 Å². The summed E-state index contributed by atoms with van der Waals surface area (Å²) < 4.78 is 24.1. The number of methoxy groups -OCH3 is 1. The number of hydrogen-bond donors (Lipinski definition) is 3. The lowest BCUT2D eigenvalue weighted by atomic mass is 9.68. The largest absolute Gasteiger partial charge is 0.443 e. The second kappa shape index (κ2) is 15.4. The normalized spacial score (nSPS) is 31.0. The summed E-state index contributed by atoms with van der Waals surface area (Å²) in [6, 6.07) is 0. The lowest BCUT2D eigenvalue weighted by Crippen LogP contribution is -2.56. The van der Waals surface area contributed by atoms with Gasteiger partial charge in [-0.25, -0.2) is 4.79 Å². The molecule has 3 rings (SSSR count). The van der Waals surface area contributed by atoms with Crippen LogP contribution < -0.4 is 16.0 Å². The zero-order valence-corrected chi connectivity index (χ0v) is 24.9. The summed E-state index contributed by atoms with van der Waals surface area (Å²) in [5.41, 5.74) is 0.742. The molecule has 1 aliphatic carbocycles. The molecule has 0 radical (unpaired) electrons. The molecular formula is C30H53N3O6. The van der Waals surface area contributed by atoms with E-state index in [0.29, 0.717) is 13.1 Å². The number of rotatable bonds is 18. The van der Waals surface area contributed by atoms with Crippen LogP contribution in [0.25, 0.3) is 0 Å². The highest BCUT2D eigenvalue weighted by atomic mass is 16.6. The van der Waals surface area contributed by atoms with Crippen LogP contribution in [0.2, 0.25) is 0 Å². The molecule has 3 N–H and O–H groups in total. The van der Waals surface area contributed by atoms with Gasteiger partial charge in [0.25, 0.3) is 0 Å². The molecule has 0 bridgehead atoms. The average Bonchev–Trinajstić information content (AvgIpc) is 3.81. The Bertz CT molecular complexity index is 813. The monoisotopic (exact) mass is 551 g/mol. The number of unbranched alkanes of at least 4 members (excludes halogenated alkanes) is 7. The summed E-state index contributed by atoms with van der Waals surface area (Å²) >= 11 is 0. The Kier molecular flexibility index (Phi) is 12.5. The maximum atomic E-state index is 12.6. The predicted octanol–water partition coefficient (Wildman–Crippen LogP) is 4.25. The number of amides is 2. The molecule has 1 spiro atoms. The standard InChI is InChI=1S/C30H53N3O6/c1-22(2)14-15-24-29(3,39-24)27-26(36-5)23(16-17-30(27)21-37-30)38-28(35)33-19-13-11-9-7-6-8-10-12-18-32-25(34)20-31-4/h14,23-24,26-27,31H,6-13,15-21H2,1-5H3,(H,32,34)(H,33,35)/t23?,24-,26?,27?,29?,30+/m1/s1. The van der Waals surface area contributed by atoms with E-state index >= 15 is 0 Å². The van der Waals surface area contributed by atoms with Gasteiger partial charge in [-0.2, -0.15) is 0 Å². The minimum atomic E-state index is -0.363. The molecule has 39 heavy (non-hydrogen) atoms. The van der Waals surface area contributed by atoms with Crippen LogP contribution in [-0.4, -0.2) is 81.9 Å². The van der Waals surface area contributed by atoms with E-state index in [1.165, 1.54) is 31.3 Å². The Morgan fingerprint density at radius 1 is 1.00 bits per heavy atom. The van der Waals surface area contributed by atoms with E-state index in [9.17, 15) is 9.59 Å². The van der Waals surface area contributed by atoms with Crippen LogP contribution in [0.5, 0.6) is 0 Å². The van der Waals surface area contributed by atoms with Gasteiger partial charge in [0.2, 0.25) is 5.91 Å². The van der Waals surface area contributed by atoms with E-state index < -0.39 is 0 Å². The summed E-state index contributed by atoms with van der Waals surface area (Å²) in [5.74, 6) is 0.0954. The number of likely N-dealkylation sites (N-methyl/N-ethyl adjacent to an activating group) is 1. The number of ether oxygens (including phenoxy) is 4. The Balaban J connectivity index is 1.28. The van der Waals surface area contributed by atoms with Crippen molar-refractivity contribution in [3.05, 3.63) is 11.6 Å². The third kappa shape index (κ3) is 9.44. The molecule has 9 nitrogen and oxygen atoms in total. The summed E-state index contributed by atoms with van der Waals surface area (Å²) in [6.45, 7) is 8.85. The first kappa shape index (κ1) is 31.8. The van der Waals surface area contributed by atoms with Crippen molar-refractivity contribution in [1.29, 1.82) is 0 Å². The third-order valence-electron chi connectivity index (χ3n) is 8.53. The molecule has 9 heteroatoms. The van der Waals surface area contributed by atoms with E-state index in [0.717, 1.165) is 58.1 Å². The van der Waals surface area contributed by atoms with Gasteiger partial charge in [0, 0.05) is 20.2 Å². The zero-order chi connectivity index (χ0) is 28.3. The first-order valence-corrected chi connectivity index (χ1v) is 15.1. The molecule has 2 heterocycles. The van der Waals surface area contributed by atoms with E-state index in [4.69, 9.17) is 18.9 Å². The number of allylic oxidation sites excluding steroid dienone is 1. The van der Waals surface area contributed by atoms with Crippen LogP contribution in [-0.2, 0) is 23.7 Å². The van der Waals surface area contributed by atoms with Crippen LogP contribution in [0, 0.1) is 5.92 Å². The number of hydrogen-bond acceptors (Lipinski definition) is 7. The van der Waals surface area contributed by atoms with Gasteiger partial charge in [0.1, 0.15) is 23.4 Å². The summed E-state index contributed by atoms with van der Waals surface area (Å²) in [5, 5.41) is 8.70. The van der Waals surface area contributed by atoms with E-state index in [2.05, 4.69) is 42.8 Å². The molecule has 3 fully saturated rings. The predicted molar refractivity (Wildman–Crippen MR) is 152 cm³/mol. The Morgan fingerprint density at radius 3 is 2.18 bits per heavy atom. The van der Waals surface area contributed by atoms with Gasteiger partial charge in [-0.3, -0.25) is 4.79 Å². The van der Waals surface area contributed by atoms with Crippen LogP contribution in [0.15, 0.2) is 11.6 Å². The lowest BCUT2D eigenvalue weighted by molar-refractivity contribution is -0.120. The molecule has 6 atom stereocenters. The van der Waals surface area contributed by atoms with Gasteiger partial charge < -0.3 is 34.9 Å². The molecule has 224 valence electrons. The number of carbonyl (C=O) groups excluding carboxylic acids is 2. The lowest BCUT2D eigenvalue weighted by Gasteiger charge is -2.42. The molecule has 0 aromatic carbocycles. The maximum Gasteiger partial charge on any atom is 0.407 e. The number of nitrogens with one attached hydrogen (secondary N) is 3. The molecule has 2 aliphatic heterocycles. The van der Waals surface area contributed by atoms with Crippen molar-refractivity contribution in [2.75, 3.05) is 40.4 Å². The van der Waals surface area contributed by atoms with E-state index in [-0.39, 0.29) is 47.4 Å². The van der Waals surface area contributed by atoms with Crippen LogP contribution in [0.1, 0.15) is 91.4 Å². The fraction of sp³-hybridized carbons (Fsp3) is 0.867. The quantitative estimate of drug-likeness (QED) is 0.133. The minimum Gasteiger partial charge on any atom is -0.443 e. The third-order valence-corrected chi connectivity index (χ3v) is 8.53. The Labute approximate surface area is 235 Å². The summed E-state index contributed by atoms with van der Waals surface area (Å²) in [4.78, 5) is 24.0.